The average molecular weight is 464 g/mol. The molecule has 2 aliphatic heterocycles. The summed E-state index contributed by atoms with van der Waals surface area (Å²) in [5.74, 6) is -0.867. The molecule has 2 heterocycles. The number of halogens is 1. The number of benzene rings is 2. The number of fused-ring (bicyclic) bond motifs is 2. The van der Waals surface area contributed by atoms with Gasteiger partial charge in [-0.3, -0.25) is 14.5 Å². The van der Waals surface area contributed by atoms with Gasteiger partial charge >= 0.3 is 0 Å². The van der Waals surface area contributed by atoms with E-state index in [2.05, 4.69) is 37.6 Å². The summed E-state index contributed by atoms with van der Waals surface area (Å²) in [6.07, 6.45) is 3.91. The molecule has 0 radical (unpaired) electrons. The minimum Gasteiger partial charge on any atom is -0.368 e. The van der Waals surface area contributed by atoms with Crippen molar-refractivity contribution >= 4 is 44.8 Å². The first-order valence-electron chi connectivity index (χ1n) is 9.45. The molecular weight excluding hydrogens is 446 g/mol. The van der Waals surface area contributed by atoms with Crippen molar-refractivity contribution in [1.29, 1.82) is 5.26 Å². The SMILES string of the molecule is C=CCN1CCCc2cc(N=Nc3c(C#N)cc4c(c3Br)C(=O)N(C)C4=O)ccc21. The van der Waals surface area contributed by atoms with Gasteiger partial charge < -0.3 is 4.90 Å². The average Bonchev–Trinajstić information content (AvgIpc) is 2.97. The number of nitrogens with zero attached hydrogens (tertiary/aromatic N) is 5. The number of nitriles is 1. The summed E-state index contributed by atoms with van der Waals surface area (Å²) in [5.41, 5.74) is 3.83. The van der Waals surface area contributed by atoms with E-state index in [-0.39, 0.29) is 22.4 Å². The number of hydrogen-bond donors (Lipinski definition) is 0. The molecule has 2 aromatic carbocycles. The number of imide groups is 1. The second kappa shape index (κ2) is 7.84. The van der Waals surface area contributed by atoms with Gasteiger partial charge in [-0.1, -0.05) is 6.08 Å². The molecule has 7 nitrogen and oxygen atoms in total. The molecule has 0 N–H and O–H groups in total. The fourth-order valence-electron chi connectivity index (χ4n) is 3.82. The van der Waals surface area contributed by atoms with Gasteiger partial charge in [-0.05, 0) is 58.6 Å². The Kier molecular flexibility index (Phi) is 5.22. The Bertz CT molecular complexity index is 1170. The molecule has 0 atom stereocenters. The van der Waals surface area contributed by atoms with Gasteiger partial charge in [0.15, 0.2) is 0 Å². The molecule has 0 saturated heterocycles. The van der Waals surface area contributed by atoms with Gasteiger partial charge in [-0.25, -0.2) is 0 Å². The van der Waals surface area contributed by atoms with Gasteiger partial charge in [0.25, 0.3) is 11.8 Å². The standard InChI is InChI=1S/C22H18BrN5O2/c1-3-8-28-9-4-5-13-10-15(6-7-17(13)28)25-26-20-14(12-24)11-16-18(19(20)23)22(30)27(2)21(16)29/h3,6-7,10-11H,1,4-5,8-9H2,2H3. The van der Waals surface area contributed by atoms with E-state index in [1.54, 1.807) is 0 Å². The van der Waals surface area contributed by atoms with Crippen LogP contribution >= 0.6 is 15.9 Å². The van der Waals surface area contributed by atoms with Gasteiger partial charge in [0, 0.05) is 25.8 Å². The highest BCUT2D eigenvalue weighted by Crippen LogP contribution is 2.40. The van der Waals surface area contributed by atoms with Crippen LogP contribution in [-0.4, -0.2) is 36.9 Å². The maximum Gasteiger partial charge on any atom is 0.262 e. The summed E-state index contributed by atoms with van der Waals surface area (Å²) >= 11 is 3.36. The Balaban J connectivity index is 1.72. The van der Waals surface area contributed by atoms with Crippen LogP contribution < -0.4 is 4.90 Å². The summed E-state index contributed by atoms with van der Waals surface area (Å²) in [5, 5.41) is 18.1. The Morgan fingerprint density at radius 2 is 2.07 bits per heavy atom. The van der Waals surface area contributed by atoms with Crippen molar-refractivity contribution in [3.63, 3.8) is 0 Å². The van der Waals surface area contributed by atoms with E-state index < -0.39 is 11.8 Å². The Morgan fingerprint density at radius 1 is 1.27 bits per heavy atom. The summed E-state index contributed by atoms with van der Waals surface area (Å²) in [4.78, 5) is 27.9. The molecule has 0 fully saturated rings. The number of aryl methyl sites for hydroxylation is 1. The van der Waals surface area contributed by atoms with Crippen LogP contribution in [0, 0.1) is 11.3 Å². The highest BCUT2D eigenvalue weighted by molar-refractivity contribution is 9.10. The first-order chi connectivity index (χ1) is 14.5. The van der Waals surface area contributed by atoms with Gasteiger partial charge in [0.2, 0.25) is 0 Å². The number of hydrogen-bond acceptors (Lipinski definition) is 6. The molecule has 0 unspecified atom stereocenters. The highest BCUT2D eigenvalue weighted by atomic mass is 79.9. The summed E-state index contributed by atoms with van der Waals surface area (Å²) in [6, 6.07) is 9.33. The summed E-state index contributed by atoms with van der Waals surface area (Å²) in [6.45, 7) is 5.61. The maximum absolute atomic E-state index is 12.4. The Hall–Kier alpha value is -3.31. The zero-order chi connectivity index (χ0) is 21.4. The highest BCUT2D eigenvalue weighted by Gasteiger charge is 2.37. The van der Waals surface area contributed by atoms with E-state index in [9.17, 15) is 14.9 Å². The van der Waals surface area contributed by atoms with Crippen molar-refractivity contribution in [1.82, 2.24) is 4.90 Å². The molecule has 0 aromatic heterocycles. The largest absolute Gasteiger partial charge is 0.368 e. The first kappa shape index (κ1) is 20.0. The quantitative estimate of drug-likeness (QED) is 0.366. The minimum atomic E-state index is -0.436. The number of rotatable bonds is 4. The first-order valence-corrected chi connectivity index (χ1v) is 10.2. The van der Waals surface area contributed by atoms with Crippen LogP contribution in [-0.2, 0) is 6.42 Å². The molecule has 2 aromatic rings. The topological polar surface area (TPSA) is 89.1 Å². The third-order valence-electron chi connectivity index (χ3n) is 5.31. The van der Waals surface area contributed by atoms with Crippen molar-refractivity contribution in [2.75, 3.05) is 25.0 Å². The fourth-order valence-corrected chi connectivity index (χ4v) is 4.49. The van der Waals surface area contributed by atoms with Crippen LogP contribution in [0.15, 0.2) is 51.6 Å². The lowest BCUT2D eigenvalue weighted by Gasteiger charge is -2.30. The Labute approximate surface area is 182 Å². The lowest BCUT2D eigenvalue weighted by Crippen LogP contribution is -2.29. The van der Waals surface area contributed by atoms with E-state index in [1.165, 1.54) is 24.4 Å². The molecule has 150 valence electrons. The number of amides is 2. The van der Waals surface area contributed by atoms with Gasteiger partial charge in [-0.2, -0.15) is 10.4 Å². The van der Waals surface area contributed by atoms with Crippen molar-refractivity contribution < 1.29 is 9.59 Å². The fraction of sp³-hybridized carbons (Fsp3) is 0.227. The zero-order valence-corrected chi connectivity index (χ0v) is 17.9. The smallest absolute Gasteiger partial charge is 0.262 e. The van der Waals surface area contributed by atoms with Crippen LogP contribution in [0.5, 0.6) is 0 Å². The summed E-state index contributed by atoms with van der Waals surface area (Å²) in [7, 11) is 1.41. The van der Waals surface area contributed by atoms with E-state index >= 15 is 0 Å². The van der Waals surface area contributed by atoms with Crippen molar-refractivity contribution in [2.45, 2.75) is 12.8 Å². The molecule has 4 rings (SSSR count). The monoisotopic (exact) mass is 463 g/mol. The molecule has 2 amide bonds. The summed E-state index contributed by atoms with van der Waals surface area (Å²) < 4.78 is 0.304. The van der Waals surface area contributed by atoms with E-state index in [4.69, 9.17) is 0 Å². The van der Waals surface area contributed by atoms with Gasteiger partial charge in [-0.15, -0.1) is 11.7 Å². The normalized spacial score (nSPS) is 15.4. The second-order valence-corrected chi connectivity index (χ2v) is 7.93. The third kappa shape index (κ3) is 3.21. The van der Waals surface area contributed by atoms with E-state index in [0.29, 0.717) is 10.2 Å². The minimum absolute atomic E-state index is 0.177. The van der Waals surface area contributed by atoms with E-state index in [0.717, 1.165) is 30.8 Å². The molecule has 0 bridgehead atoms. The second-order valence-electron chi connectivity index (χ2n) is 7.14. The van der Waals surface area contributed by atoms with E-state index in [1.807, 2.05) is 30.3 Å². The van der Waals surface area contributed by atoms with Crippen LogP contribution in [0.2, 0.25) is 0 Å². The van der Waals surface area contributed by atoms with Crippen molar-refractivity contribution in [3.05, 3.63) is 63.6 Å². The lowest BCUT2D eigenvalue weighted by atomic mass is 10.0. The van der Waals surface area contributed by atoms with Crippen LogP contribution in [0.1, 0.15) is 38.3 Å². The number of carbonyl (C=O) groups is 2. The predicted molar refractivity (Wildman–Crippen MR) is 117 cm³/mol. The number of anilines is 1. The molecule has 0 spiro atoms. The maximum atomic E-state index is 12.4. The van der Waals surface area contributed by atoms with Crippen LogP contribution in [0.3, 0.4) is 0 Å². The van der Waals surface area contributed by atoms with Gasteiger partial charge in [0.1, 0.15) is 11.8 Å². The Morgan fingerprint density at radius 3 is 2.80 bits per heavy atom. The molecule has 0 aliphatic carbocycles. The van der Waals surface area contributed by atoms with Crippen molar-refractivity contribution in [2.24, 2.45) is 10.2 Å². The van der Waals surface area contributed by atoms with Gasteiger partial charge in [0.05, 0.1) is 26.9 Å². The number of carbonyl (C=O) groups excluding carboxylic acids is 2. The van der Waals surface area contributed by atoms with Crippen LogP contribution in [0.25, 0.3) is 0 Å². The lowest BCUT2D eigenvalue weighted by molar-refractivity contribution is 0.0693. The molecule has 8 heteroatoms. The third-order valence-corrected chi connectivity index (χ3v) is 6.08. The predicted octanol–water partition coefficient (Wildman–Crippen LogP) is 4.90. The molecule has 0 saturated carbocycles. The zero-order valence-electron chi connectivity index (χ0n) is 16.4. The molecule has 2 aliphatic rings. The molecule has 30 heavy (non-hydrogen) atoms. The molecular formula is C22H18BrN5O2. The number of azo groups is 1. The van der Waals surface area contributed by atoms with Crippen LogP contribution in [0.4, 0.5) is 17.1 Å². The van der Waals surface area contributed by atoms with Crippen molar-refractivity contribution in [3.8, 4) is 6.07 Å².